The monoisotopic (exact) mass is 391 g/mol. The molecule has 1 aromatic carbocycles. The zero-order valence-corrected chi connectivity index (χ0v) is 14.7. The maximum absolute atomic E-state index is 11.7. The van der Waals surface area contributed by atoms with E-state index in [0.29, 0.717) is 24.8 Å². The van der Waals surface area contributed by atoms with E-state index in [1.54, 1.807) is 0 Å². The molecule has 1 N–H and O–H groups in total. The molecule has 0 bridgehead atoms. The first-order valence-corrected chi connectivity index (χ1v) is 8.90. The summed E-state index contributed by atoms with van der Waals surface area (Å²) in [6.45, 7) is 1.87. The second kappa shape index (κ2) is 5.97. The van der Waals surface area contributed by atoms with E-state index in [0.717, 1.165) is 35.8 Å². The maximum atomic E-state index is 11.7. The van der Waals surface area contributed by atoms with Gasteiger partial charge in [0.15, 0.2) is 0 Å². The normalized spacial score (nSPS) is 26.6. The second-order valence-corrected chi connectivity index (χ2v) is 7.66. The van der Waals surface area contributed by atoms with Gasteiger partial charge in [-0.1, -0.05) is 39.6 Å². The lowest BCUT2D eigenvalue weighted by molar-refractivity contribution is -0.149. The van der Waals surface area contributed by atoms with Crippen molar-refractivity contribution in [2.75, 3.05) is 13.1 Å². The molecule has 6 nitrogen and oxygen atoms in total. The van der Waals surface area contributed by atoms with Crippen LogP contribution in [0.1, 0.15) is 25.2 Å². The third kappa shape index (κ3) is 2.65. The number of carbonyl (C=O) groups is 1. The molecule has 4 rings (SSSR count). The highest BCUT2D eigenvalue weighted by molar-refractivity contribution is 9.10. The number of nitrogens with zero attached hydrogens (tertiary/aromatic N) is 3. The van der Waals surface area contributed by atoms with Crippen LogP contribution in [0.2, 0.25) is 0 Å². The molecule has 7 heteroatoms. The molecule has 2 aliphatic rings. The highest BCUT2D eigenvalue weighted by Crippen LogP contribution is 2.49. The van der Waals surface area contributed by atoms with Gasteiger partial charge in [0.2, 0.25) is 11.7 Å². The van der Waals surface area contributed by atoms with Crippen LogP contribution in [-0.4, -0.2) is 39.2 Å². The van der Waals surface area contributed by atoms with Gasteiger partial charge in [-0.2, -0.15) is 4.98 Å². The number of aliphatic carboxylic acids is 1. The number of likely N-dealkylation sites (tertiary alicyclic amines) is 1. The van der Waals surface area contributed by atoms with Crippen molar-refractivity contribution in [3.05, 3.63) is 34.6 Å². The lowest BCUT2D eigenvalue weighted by Crippen LogP contribution is -2.35. The van der Waals surface area contributed by atoms with Crippen molar-refractivity contribution < 1.29 is 14.4 Å². The van der Waals surface area contributed by atoms with Crippen molar-refractivity contribution in [2.45, 2.75) is 25.8 Å². The van der Waals surface area contributed by atoms with Crippen LogP contribution in [0, 0.1) is 11.3 Å². The van der Waals surface area contributed by atoms with Gasteiger partial charge in [-0.05, 0) is 30.9 Å². The predicted octanol–water partition coefficient (Wildman–Crippen LogP) is 3.19. The molecule has 2 atom stereocenters. The van der Waals surface area contributed by atoms with Gasteiger partial charge < -0.3 is 9.63 Å². The molecule has 2 fully saturated rings. The van der Waals surface area contributed by atoms with Crippen LogP contribution in [0.4, 0.5) is 0 Å². The number of halogens is 1. The van der Waals surface area contributed by atoms with Gasteiger partial charge in [0.05, 0.1) is 12.0 Å². The SMILES string of the molecule is O=C(O)[C@@]12CCC[C@H]1CN(Cc1nc(-c3cccc(Br)c3)no1)C2. The van der Waals surface area contributed by atoms with E-state index in [-0.39, 0.29) is 5.92 Å². The summed E-state index contributed by atoms with van der Waals surface area (Å²) in [6, 6.07) is 7.74. The zero-order valence-electron chi connectivity index (χ0n) is 13.1. The van der Waals surface area contributed by atoms with Crippen LogP contribution in [0.25, 0.3) is 11.4 Å². The van der Waals surface area contributed by atoms with E-state index < -0.39 is 11.4 Å². The number of carboxylic acids is 1. The van der Waals surface area contributed by atoms with Gasteiger partial charge in [0.25, 0.3) is 0 Å². The lowest BCUT2D eigenvalue weighted by atomic mass is 9.81. The van der Waals surface area contributed by atoms with Gasteiger partial charge in [-0.15, -0.1) is 0 Å². The smallest absolute Gasteiger partial charge is 0.311 e. The summed E-state index contributed by atoms with van der Waals surface area (Å²) in [4.78, 5) is 18.3. The average Bonchev–Trinajstić information content (AvgIpc) is 3.21. The minimum absolute atomic E-state index is 0.238. The molecule has 0 spiro atoms. The highest BCUT2D eigenvalue weighted by atomic mass is 79.9. The number of aromatic nitrogens is 2. The molecule has 0 unspecified atom stereocenters. The first-order chi connectivity index (χ1) is 11.6. The standard InChI is InChI=1S/C17H18BrN3O3/c18-13-5-1-3-11(7-13)15-19-14(24-20-15)9-21-8-12-4-2-6-17(12,10-21)16(22)23/h1,3,5,7,12H,2,4,6,8-10H2,(H,22,23)/t12-,17+/m0/s1. The summed E-state index contributed by atoms with van der Waals surface area (Å²) in [5, 5.41) is 13.7. The highest BCUT2D eigenvalue weighted by Gasteiger charge is 2.54. The molecule has 126 valence electrons. The summed E-state index contributed by atoms with van der Waals surface area (Å²) >= 11 is 3.43. The van der Waals surface area contributed by atoms with Gasteiger partial charge in [-0.25, -0.2) is 0 Å². The van der Waals surface area contributed by atoms with Crippen LogP contribution in [0.15, 0.2) is 33.3 Å². The molecule has 1 aromatic heterocycles. The summed E-state index contributed by atoms with van der Waals surface area (Å²) in [5.74, 6) is 0.666. The van der Waals surface area contributed by atoms with Crippen LogP contribution in [0.5, 0.6) is 0 Å². The van der Waals surface area contributed by atoms with E-state index >= 15 is 0 Å². The molecule has 1 saturated heterocycles. The minimum Gasteiger partial charge on any atom is -0.481 e. The van der Waals surface area contributed by atoms with Crippen molar-refractivity contribution in [1.82, 2.24) is 15.0 Å². The summed E-state index contributed by atoms with van der Waals surface area (Å²) in [7, 11) is 0. The molecule has 1 saturated carbocycles. The van der Waals surface area contributed by atoms with Crippen LogP contribution < -0.4 is 0 Å². The topological polar surface area (TPSA) is 79.5 Å². The van der Waals surface area contributed by atoms with Crippen LogP contribution >= 0.6 is 15.9 Å². The largest absolute Gasteiger partial charge is 0.481 e. The molecular formula is C17H18BrN3O3. The number of rotatable bonds is 4. The van der Waals surface area contributed by atoms with E-state index in [1.807, 2.05) is 24.3 Å². The Hall–Kier alpha value is -1.73. The third-order valence-electron chi connectivity index (χ3n) is 5.28. The Balaban J connectivity index is 1.48. The van der Waals surface area contributed by atoms with Crippen molar-refractivity contribution in [1.29, 1.82) is 0 Å². The van der Waals surface area contributed by atoms with Crippen molar-refractivity contribution >= 4 is 21.9 Å². The second-order valence-electron chi connectivity index (χ2n) is 6.74. The van der Waals surface area contributed by atoms with E-state index in [1.165, 1.54) is 0 Å². The molecule has 2 aromatic rings. The average molecular weight is 392 g/mol. The Morgan fingerprint density at radius 2 is 2.38 bits per heavy atom. The van der Waals surface area contributed by atoms with E-state index in [4.69, 9.17) is 4.52 Å². The Morgan fingerprint density at radius 3 is 3.12 bits per heavy atom. The maximum Gasteiger partial charge on any atom is 0.311 e. The Kier molecular flexibility index (Phi) is 3.92. The van der Waals surface area contributed by atoms with Gasteiger partial charge in [0.1, 0.15) is 0 Å². The molecule has 2 heterocycles. The fraction of sp³-hybridized carbons (Fsp3) is 0.471. The first-order valence-electron chi connectivity index (χ1n) is 8.11. The number of hydrogen-bond acceptors (Lipinski definition) is 5. The number of fused-ring (bicyclic) bond motifs is 1. The van der Waals surface area contributed by atoms with Crippen LogP contribution in [-0.2, 0) is 11.3 Å². The molecule has 1 aliphatic heterocycles. The first kappa shape index (κ1) is 15.8. The number of carboxylic acid groups (broad SMARTS) is 1. The van der Waals surface area contributed by atoms with Crippen molar-refractivity contribution in [3.63, 3.8) is 0 Å². The summed E-state index contributed by atoms with van der Waals surface area (Å²) in [5.41, 5.74) is 0.312. The molecular weight excluding hydrogens is 374 g/mol. The minimum atomic E-state index is -0.659. The summed E-state index contributed by atoms with van der Waals surface area (Å²) in [6.07, 6.45) is 2.78. The predicted molar refractivity (Wildman–Crippen MR) is 90.1 cm³/mol. The van der Waals surface area contributed by atoms with E-state index in [9.17, 15) is 9.90 Å². The summed E-state index contributed by atoms with van der Waals surface area (Å²) < 4.78 is 6.33. The van der Waals surface area contributed by atoms with Gasteiger partial charge >= 0.3 is 5.97 Å². The molecule has 0 amide bonds. The Bertz CT molecular complexity index is 778. The molecule has 1 aliphatic carbocycles. The van der Waals surface area contributed by atoms with Crippen LogP contribution in [0.3, 0.4) is 0 Å². The van der Waals surface area contributed by atoms with E-state index in [2.05, 4.69) is 31.0 Å². The lowest BCUT2D eigenvalue weighted by Gasteiger charge is -2.23. The number of benzene rings is 1. The third-order valence-corrected chi connectivity index (χ3v) is 5.77. The quantitative estimate of drug-likeness (QED) is 0.861. The fourth-order valence-electron chi connectivity index (χ4n) is 4.12. The number of hydrogen-bond donors (Lipinski definition) is 1. The van der Waals surface area contributed by atoms with Crippen molar-refractivity contribution in [3.8, 4) is 11.4 Å². The molecule has 0 radical (unpaired) electrons. The van der Waals surface area contributed by atoms with Gasteiger partial charge in [0, 0.05) is 23.1 Å². The fourth-order valence-corrected chi connectivity index (χ4v) is 4.52. The molecule has 24 heavy (non-hydrogen) atoms. The Labute approximate surface area is 148 Å². The zero-order chi connectivity index (χ0) is 16.7. The van der Waals surface area contributed by atoms with Gasteiger partial charge in [-0.3, -0.25) is 9.69 Å². The van der Waals surface area contributed by atoms with Crippen molar-refractivity contribution in [2.24, 2.45) is 11.3 Å². The Morgan fingerprint density at radius 1 is 1.50 bits per heavy atom.